The monoisotopic (exact) mass is 253 g/mol. The highest BCUT2D eigenvalue weighted by Crippen LogP contribution is 2.35. The van der Waals surface area contributed by atoms with Gasteiger partial charge in [-0.3, -0.25) is 0 Å². The van der Waals surface area contributed by atoms with Gasteiger partial charge >= 0.3 is 0 Å². The Morgan fingerprint density at radius 1 is 1.29 bits per heavy atom. The SMILES string of the molecule is CN(C)[C@H]1CC(c2cccc(Cl)c2)CC[C@@H]1O. The molecular formula is C14H20ClNO. The number of hydrogen-bond acceptors (Lipinski definition) is 2. The van der Waals surface area contributed by atoms with Gasteiger partial charge in [0.15, 0.2) is 0 Å². The number of benzene rings is 1. The molecule has 1 unspecified atom stereocenters. The van der Waals surface area contributed by atoms with Gasteiger partial charge in [-0.05, 0) is 57.0 Å². The maximum Gasteiger partial charge on any atom is 0.0695 e. The van der Waals surface area contributed by atoms with Crippen molar-refractivity contribution in [2.24, 2.45) is 0 Å². The minimum Gasteiger partial charge on any atom is -0.391 e. The summed E-state index contributed by atoms with van der Waals surface area (Å²) < 4.78 is 0. The fourth-order valence-corrected chi connectivity index (χ4v) is 2.95. The number of likely N-dealkylation sites (N-methyl/N-ethyl adjacent to an activating group) is 1. The van der Waals surface area contributed by atoms with Gasteiger partial charge < -0.3 is 10.0 Å². The molecule has 1 aliphatic carbocycles. The molecule has 0 spiro atoms. The van der Waals surface area contributed by atoms with Gasteiger partial charge in [0.1, 0.15) is 0 Å². The van der Waals surface area contributed by atoms with Crippen LogP contribution in [0.15, 0.2) is 24.3 Å². The zero-order valence-electron chi connectivity index (χ0n) is 10.4. The summed E-state index contributed by atoms with van der Waals surface area (Å²) in [6.07, 6.45) is 2.74. The first kappa shape index (κ1) is 12.9. The van der Waals surface area contributed by atoms with Crippen LogP contribution >= 0.6 is 11.6 Å². The lowest BCUT2D eigenvalue weighted by Gasteiger charge is -2.37. The summed E-state index contributed by atoms with van der Waals surface area (Å²) in [5.41, 5.74) is 1.30. The zero-order chi connectivity index (χ0) is 12.4. The lowest BCUT2D eigenvalue weighted by atomic mass is 9.79. The van der Waals surface area contributed by atoms with Gasteiger partial charge in [0.2, 0.25) is 0 Å². The second-order valence-electron chi connectivity index (χ2n) is 5.16. The summed E-state index contributed by atoms with van der Waals surface area (Å²) in [7, 11) is 4.07. The van der Waals surface area contributed by atoms with E-state index >= 15 is 0 Å². The molecule has 1 aromatic rings. The standard InChI is InChI=1S/C14H20ClNO/c1-16(2)13-9-11(6-7-14(13)17)10-4-3-5-12(15)8-10/h3-5,8,11,13-14,17H,6-7,9H2,1-2H3/t11?,13-,14-/m0/s1. The van der Waals surface area contributed by atoms with Crippen LogP contribution in [0.4, 0.5) is 0 Å². The zero-order valence-corrected chi connectivity index (χ0v) is 11.2. The third-order valence-electron chi connectivity index (χ3n) is 3.76. The summed E-state index contributed by atoms with van der Waals surface area (Å²) in [6, 6.07) is 8.37. The molecule has 94 valence electrons. The van der Waals surface area contributed by atoms with E-state index < -0.39 is 0 Å². The van der Waals surface area contributed by atoms with Crippen LogP contribution in [0.1, 0.15) is 30.7 Å². The molecule has 1 aliphatic rings. The lowest BCUT2D eigenvalue weighted by Crippen LogP contribution is -2.43. The van der Waals surface area contributed by atoms with Crippen molar-refractivity contribution in [1.29, 1.82) is 0 Å². The number of hydrogen-bond donors (Lipinski definition) is 1. The maximum absolute atomic E-state index is 9.99. The summed E-state index contributed by atoms with van der Waals surface area (Å²) in [5, 5.41) is 10.8. The van der Waals surface area contributed by atoms with Gasteiger partial charge in [-0.1, -0.05) is 23.7 Å². The van der Waals surface area contributed by atoms with E-state index in [9.17, 15) is 5.11 Å². The van der Waals surface area contributed by atoms with E-state index in [2.05, 4.69) is 17.0 Å². The first-order chi connectivity index (χ1) is 8.08. The Kier molecular flexibility index (Phi) is 4.08. The molecule has 2 nitrogen and oxygen atoms in total. The van der Waals surface area contributed by atoms with Crippen molar-refractivity contribution in [2.75, 3.05) is 14.1 Å². The van der Waals surface area contributed by atoms with E-state index in [0.29, 0.717) is 5.92 Å². The molecule has 0 heterocycles. The number of nitrogens with zero attached hydrogens (tertiary/aromatic N) is 1. The van der Waals surface area contributed by atoms with E-state index in [1.165, 1.54) is 5.56 Å². The fraction of sp³-hybridized carbons (Fsp3) is 0.571. The molecule has 1 N–H and O–H groups in total. The highest BCUT2D eigenvalue weighted by atomic mass is 35.5. The van der Waals surface area contributed by atoms with Crippen LogP contribution in [0.2, 0.25) is 5.02 Å². The predicted molar refractivity (Wildman–Crippen MR) is 71.5 cm³/mol. The van der Waals surface area contributed by atoms with Crippen molar-refractivity contribution in [1.82, 2.24) is 4.90 Å². The molecule has 0 aliphatic heterocycles. The number of halogens is 1. The molecule has 0 saturated heterocycles. The summed E-state index contributed by atoms with van der Waals surface area (Å²) in [4.78, 5) is 2.13. The summed E-state index contributed by atoms with van der Waals surface area (Å²) in [5.74, 6) is 0.518. The van der Waals surface area contributed by atoms with E-state index in [1.54, 1.807) is 0 Å². The van der Waals surface area contributed by atoms with E-state index in [4.69, 9.17) is 11.6 Å². The summed E-state index contributed by atoms with van der Waals surface area (Å²) in [6.45, 7) is 0. The molecule has 17 heavy (non-hydrogen) atoms. The quantitative estimate of drug-likeness (QED) is 0.876. The Morgan fingerprint density at radius 2 is 2.06 bits per heavy atom. The van der Waals surface area contributed by atoms with Crippen molar-refractivity contribution in [3.63, 3.8) is 0 Å². The Hall–Kier alpha value is -0.570. The molecule has 1 fully saturated rings. The molecule has 2 rings (SSSR count). The van der Waals surface area contributed by atoms with Crippen molar-refractivity contribution >= 4 is 11.6 Å². The average Bonchev–Trinajstić information content (AvgIpc) is 2.29. The largest absolute Gasteiger partial charge is 0.391 e. The highest BCUT2D eigenvalue weighted by Gasteiger charge is 2.31. The molecule has 3 atom stereocenters. The minimum atomic E-state index is -0.194. The van der Waals surface area contributed by atoms with Gasteiger partial charge in [-0.15, -0.1) is 0 Å². The molecule has 1 aromatic carbocycles. The van der Waals surface area contributed by atoms with E-state index in [0.717, 1.165) is 24.3 Å². The normalized spacial score (nSPS) is 29.6. The van der Waals surface area contributed by atoms with Gasteiger partial charge in [0.25, 0.3) is 0 Å². The third kappa shape index (κ3) is 3.01. The summed E-state index contributed by atoms with van der Waals surface area (Å²) >= 11 is 6.03. The highest BCUT2D eigenvalue weighted by molar-refractivity contribution is 6.30. The van der Waals surface area contributed by atoms with Gasteiger partial charge in [0, 0.05) is 11.1 Å². The molecule has 1 saturated carbocycles. The van der Waals surface area contributed by atoms with Crippen molar-refractivity contribution in [2.45, 2.75) is 37.3 Å². The fourth-order valence-electron chi connectivity index (χ4n) is 2.75. The number of aliphatic hydroxyl groups excluding tert-OH is 1. The van der Waals surface area contributed by atoms with Gasteiger partial charge in [0.05, 0.1) is 6.10 Å². The molecule has 0 aromatic heterocycles. The van der Waals surface area contributed by atoms with E-state index in [-0.39, 0.29) is 12.1 Å². The first-order valence-corrected chi connectivity index (χ1v) is 6.55. The van der Waals surface area contributed by atoms with Crippen LogP contribution in [-0.2, 0) is 0 Å². The van der Waals surface area contributed by atoms with Crippen LogP contribution in [0.5, 0.6) is 0 Å². The Bertz CT molecular complexity index is 380. The third-order valence-corrected chi connectivity index (χ3v) is 4.00. The number of rotatable bonds is 2. The van der Waals surface area contributed by atoms with Crippen LogP contribution < -0.4 is 0 Å². The van der Waals surface area contributed by atoms with Gasteiger partial charge in [-0.25, -0.2) is 0 Å². The molecule has 0 amide bonds. The van der Waals surface area contributed by atoms with Crippen molar-refractivity contribution in [3.05, 3.63) is 34.9 Å². The molecular weight excluding hydrogens is 234 g/mol. The average molecular weight is 254 g/mol. The second-order valence-corrected chi connectivity index (χ2v) is 5.60. The minimum absolute atomic E-state index is 0.194. The van der Waals surface area contributed by atoms with Crippen molar-refractivity contribution in [3.8, 4) is 0 Å². The smallest absolute Gasteiger partial charge is 0.0695 e. The van der Waals surface area contributed by atoms with Gasteiger partial charge in [-0.2, -0.15) is 0 Å². The molecule has 3 heteroatoms. The van der Waals surface area contributed by atoms with Crippen LogP contribution in [0, 0.1) is 0 Å². The Balaban J connectivity index is 2.13. The number of aliphatic hydroxyl groups is 1. The van der Waals surface area contributed by atoms with Crippen molar-refractivity contribution < 1.29 is 5.11 Å². The molecule has 0 bridgehead atoms. The van der Waals surface area contributed by atoms with Crippen LogP contribution in [0.3, 0.4) is 0 Å². The second kappa shape index (κ2) is 5.38. The topological polar surface area (TPSA) is 23.5 Å². The van der Waals surface area contributed by atoms with Crippen LogP contribution in [0.25, 0.3) is 0 Å². The predicted octanol–water partition coefficient (Wildman–Crippen LogP) is 2.90. The Labute approximate surface area is 108 Å². The Morgan fingerprint density at radius 3 is 2.71 bits per heavy atom. The van der Waals surface area contributed by atoms with E-state index in [1.807, 2.05) is 26.2 Å². The first-order valence-electron chi connectivity index (χ1n) is 6.18. The van der Waals surface area contributed by atoms with Crippen LogP contribution in [-0.4, -0.2) is 36.2 Å². The lowest BCUT2D eigenvalue weighted by molar-refractivity contribution is 0.0365. The molecule has 0 radical (unpaired) electrons. The maximum atomic E-state index is 9.99.